The van der Waals surface area contributed by atoms with E-state index in [1.165, 1.54) is 0 Å². The van der Waals surface area contributed by atoms with Crippen molar-refractivity contribution in [3.63, 3.8) is 0 Å². The summed E-state index contributed by atoms with van der Waals surface area (Å²) in [5.74, 6) is 1.63. The van der Waals surface area contributed by atoms with Crippen molar-refractivity contribution in [3.8, 4) is 0 Å². The molecule has 3 nitrogen and oxygen atoms in total. The van der Waals surface area contributed by atoms with Crippen LogP contribution >= 0.6 is 34.4 Å². The minimum absolute atomic E-state index is 0.575. The first kappa shape index (κ1) is 13.3. The van der Waals surface area contributed by atoms with E-state index < -0.39 is 5.60 Å². The number of thioether (sulfide) groups is 1. The molecular formula is C10H16INO2S. The van der Waals surface area contributed by atoms with Crippen LogP contribution in [0, 0.1) is 3.77 Å². The molecule has 1 heterocycles. The molecule has 1 atom stereocenters. The molecule has 1 aromatic rings. The number of rotatable bonds is 6. The van der Waals surface area contributed by atoms with Crippen LogP contribution in [-0.4, -0.2) is 29.3 Å². The maximum Gasteiger partial charge on any atom is 0.164 e. The van der Waals surface area contributed by atoms with Crippen LogP contribution in [0.1, 0.15) is 12.7 Å². The van der Waals surface area contributed by atoms with Gasteiger partial charge < -0.3 is 14.8 Å². The second-order valence-electron chi connectivity index (χ2n) is 3.74. The van der Waals surface area contributed by atoms with Crippen molar-refractivity contribution in [2.45, 2.75) is 19.1 Å². The van der Waals surface area contributed by atoms with Crippen LogP contribution in [0.15, 0.2) is 16.5 Å². The Bertz CT molecular complexity index is 301. The van der Waals surface area contributed by atoms with Gasteiger partial charge >= 0.3 is 0 Å². The van der Waals surface area contributed by atoms with Gasteiger partial charge in [-0.3, -0.25) is 0 Å². The average Bonchev–Trinajstić information content (AvgIpc) is 2.51. The van der Waals surface area contributed by atoms with Gasteiger partial charge in [0, 0.05) is 12.3 Å². The Labute approximate surface area is 108 Å². The normalized spacial score (nSPS) is 15.2. The highest BCUT2D eigenvalue weighted by atomic mass is 127. The third kappa shape index (κ3) is 5.24. The number of halogens is 1. The van der Waals surface area contributed by atoms with Crippen LogP contribution in [0.25, 0.3) is 0 Å². The summed E-state index contributed by atoms with van der Waals surface area (Å²) in [6.07, 6.45) is 1.99. The molecule has 1 unspecified atom stereocenters. The van der Waals surface area contributed by atoms with E-state index in [0.717, 1.165) is 15.3 Å². The summed E-state index contributed by atoms with van der Waals surface area (Å²) >= 11 is 3.78. The molecule has 1 aromatic heterocycles. The third-order valence-electron chi connectivity index (χ3n) is 1.89. The van der Waals surface area contributed by atoms with Crippen LogP contribution in [0.5, 0.6) is 0 Å². The molecule has 0 aliphatic heterocycles. The van der Waals surface area contributed by atoms with Gasteiger partial charge in [-0.05, 0) is 47.9 Å². The highest BCUT2D eigenvalue weighted by Gasteiger charge is 2.18. The molecule has 0 spiro atoms. The lowest BCUT2D eigenvalue weighted by Gasteiger charge is -2.22. The fourth-order valence-electron chi connectivity index (χ4n) is 1.26. The fourth-order valence-corrected chi connectivity index (χ4v) is 2.45. The maximum absolute atomic E-state index is 9.88. The van der Waals surface area contributed by atoms with Gasteiger partial charge in [0.2, 0.25) is 0 Å². The van der Waals surface area contributed by atoms with E-state index in [4.69, 9.17) is 4.42 Å². The van der Waals surface area contributed by atoms with Crippen LogP contribution in [0.2, 0.25) is 0 Å². The van der Waals surface area contributed by atoms with Crippen molar-refractivity contribution >= 4 is 34.4 Å². The first-order chi connectivity index (χ1) is 7.03. The van der Waals surface area contributed by atoms with E-state index in [9.17, 15) is 5.11 Å². The van der Waals surface area contributed by atoms with Crippen LogP contribution in [0.3, 0.4) is 0 Å². The first-order valence-electron chi connectivity index (χ1n) is 4.70. The second kappa shape index (κ2) is 6.12. The van der Waals surface area contributed by atoms with Gasteiger partial charge in [0.1, 0.15) is 5.76 Å². The van der Waals surface area contributed by atoms with Crippen molar-refractivity contribution < 1.29 is 9.52 Å². The zero-order chi connectivity index (χ0) is 11.3. The van der Waals surface area contributed by atoms with Gasteiger partial charge in [0.15, 0.2) is 3.77 Å². The predicted molar refractivity (Wildman–Crippen MR) is 72.1 cm³/mol. The number of nitrogens with one attached hydrogen (secondary N) is 1. The van der Waals surface area contributed by atoms with Gasteiger partial charge in [-0.15, -0.1) is 0 Å². The Morgan fingerprint density at radius 3 is 2.87 bits per heavy atom. The lowest BCUT2D eigenvalue weighted by atomic mass is 10.1. The summed E-state index contributed by atoms with van der Waals surface area (Å²) in [6.45, 7) is 3.07. The summed E-state index contributed by atoms with van der Waals surface area (Å²) < 4.78 is 6.28. The molecule has 0 aliphatic carbocycles. The molecule has 1 rings (SSSR count). The Hall–Kier alpha value is 0.280. The molecule has 0 aliphatic rings. The molecule has 5 heteroatoms. The summed E-state index contributed by atoms with van der Waals surface area (Å²) in [5.41, 5.74) is -0.654. The number of aliphatic hydroxyl groups is 1. The highest BCUT2D eigenvalue weighted by Crippen LogP contribution is 2.11. The minimum atomic E-state index is -0.654. The Kier molecular flexibility index (Phi) is 5.45. The number of hydrogen-bond acceptors (Lipinski definition) is 4. The number of hydrogen-bond donors (Lipinski definition) is 2. The zero-order valence-corrected chi connectivity index (χ0v) is 11.9. The summed E-state index contributed by atoms with van der Waals surface area (Å²) in [5, 5.41) is 13.1. The third-order valence-corrected chi connectivity index (χ3v) is 3.38. The molecule has 0 saturated heterocycles. The quantitative estimate of drug-likeness (QED) is 0.778. The van der Waals surface area contributed by atoms with E-state index in [1.807, 2.05) is 25.3 Å². The van der Waals surface area contributed by atoms with E-state index in [0.29, 0.717) is 13.1 Å². The zero-order valence-electron chi connectivity index (χ0n) is 8.92. The smallest absolute Gasteiger partial charge is 0.164 e. The lowest BCUT2D eigenvalue weighted by Crippen LogP contribution is -2.39. The van der Waals surface area contributed by atoms with Gasteiger partial charge in [-0.2, -0.15) is 11.8 Å². The SMILES string of the molecule is CSCC(C)(O)CNCc1ccc(I)o1. The monoisotopic (exact) mass is 341 g/mol. The molecule has 0 amide bonds. The van der Waals surface area contributed by atoms with Crippen molar-refractivity contribution in [3.05, 3.63) is 21.7 Å². The minimum Gasteiger partial charge on any atom is -0.454 e. The van der Waals surface area contributed by atoms with Crippen molar-refractivity contribution in [1.29, 1.82) is 0 Å². The Morgan fingerprint density at radius 1 is 1.60 bits per heavy atom. The lowest BCUT2D eigenvalue weighted by molar-refractivity contribution is 0.0840. The molecule has 0 bridgehead atoms. The van der Waals surface area contributed by atoms with Crippen LogP contribution in [-0.2, 0) is 6.54 Å². The summed E-state index contributed by atoms with van der Waals surface area (Å²) in [6, 6.07) is 3.87. The van der Waals surface area contributed by atoms with Crippen molar-refractivity contribution in [2.75, 3.05) is 18.6 Å². The maximum atomic E-state index is 9.88. The van der Waals surface area contributed by atoms with Crippen LogP contribution < -0.4 is 5.32 Å². The van der Waals surface area contributed by atoms with E-state index >= 15 is 0 Å². The largest absolute Gasteiger partial charge is 0.454 e. The molecular weight excluding hydrogens is 325 g/mol. The molecule has 2 N–H and O–H groups in total. The van der Waals surface area contributed by atoms with Gasteiger partial charge in [0.05, 0.1) is 12.1 Å². The summed E-state index contributed by atoms with van der Waals surface area (Å²) in [4.78, 5) is 0. The van der Waals surface area contributed by atoms with Crippen molar-refractivity contribution in [1.82, 2.24) is 5.32 Å². The van der Waals surface area contributed by atoms with E-state index in [2.05, 4.69) is 27.9 Å². The summed E-state index contributed by atoms with van der Waals surface area (Å²) in [7, 11) is 0. The topological polar surface area (TPSA) is 45.4 Å². The fraction of sp³-hybridized carbons (Fsp3) is 0.600. The standard InChI is InChI=1S/C10H16INO2S/c1-10(13,7-15-2)6-12-5-8-3-4-9(11)14-8/h3-4,12-13H,5-7H2,1-2H3. The molecule has 0 fully saturated rings. The van der Waals surface area contributed by atoms with Gasteiger partial charge in [0.25, 0.3) is 0 Å². The van der Waals surface area contributed by atoms with Crippen molar-refractivity contribution in [2.24, 2.45) is 0 Å². The molecule has 86 valence electrons. The molecule has 0 saturated carbocycles. The predicted octanol–water partition coefficient (Wildman–Crippen LogP) is 2.09. The Morgan fingerprint density at radius 2 is 2.33 bits per heavy atom. The Balaban J connectivity index is 2.27. The van der Waals surface area contributed by atoms with Crippen LogP contribution in [0.4, 0.5) is 0 Å². The van der Waals surface area contributed by atoms with E-state index in [-0.39, 0.29) is 0 Å². The second-order valence-corrected chi connectivity index (χ2v) is 5.67. The molecule has 0 aromatic carbocycles. The number of furan rings is 1. The highest BCUT2D eigenvalue weighted by molar-refractivity contribution is 14.1. The molecule has 0 radical (unpaired) electrons. The average molecular weight is 341 g/mol. The van der Waals surface area contributed by atoms with Gasteiger partial charge in [-0.1, -0.05) is 0 Å². The van der Waals surface area contributed by atoms with E-state index in [1.54, 1.807) is 11.8 Å². The first-order valence-corrected chi connectivity index (χ1v) is 7.17. The molecule has 15 heavy (non-hydrogen) atoms. The van der Waals surface area contributed by atoms with Gasteiger partial charge in [-0.25, -0.2) is 0 Å².